The molecule has 1 aromatic carbocycles. The van der Waals surface area contributed by atoms with Gasteiger partial charge in [-0.05, 0) is 13.0 Å². The Bertz CT molecular complexity index is 406. The van der Waals surface area contributed by atoms with Crippen LogP contribution in [0.4, 0.5) is 5.69 Å². The second kappa shape index (κ2) is 6.78. The third-order valence-corrected chi connectivity index (χ3v) is 3.71. The summed E-state index contributed by atoms with van der Waals surface area (Å²) in [4.78, 5) is 12.0. The van der Waals surface area contributed by atoms with Crippen LogP contribution in [0.2, 0.25) is 0 Å². The molecule has 5 heteroatoms. The molecule has 0 aliphatic carbocycles. The Morgan fingerprint density at radius 1 is 1.56 bits per heavy atom. The summed E-state index contributed by atoms with van der Waals surface area (Å²) in [5, 5.41) is 6.13. The van der Waals surface area contributed by atoms with Crippen molar-refractivity contribution in [2.75, 3.05) is 23.6 Å². The molecular weight excluding hydrogens is 248 g/mol. The van der Waals surface area contributed by atoms with Gasteiger partial charge in [0.05, 0.1) is 12.6 Å². The van der Waals surface area contributed by atoms with E-state index in [1.165, 1.54) is 0 Å². The van der Waals surface area contributed by atoms with E-state index < -0.39 is 0 Å². The third-order valence-electron chi connectivity index (χ3n) is 2.77. The predicted octanol–water partition coefficient (Wildman–Crippen LogP) is 1.82. The average molecular weight is 266 g/mol. The number of thioether (sulfide) groups is 1. The molecule has 0 aromatic heterocycles. The fraction of sp³-hybridized carbons (Fsp3) is 0.462. The standard InChI is InChI=1S/C13H18N2O2S/c1-2-17-7-10-5-3-4-6-11(10)15-13(16)12-8-18-9-14-12/h3-6,12,14H,2,7-9H2,1H3,(H,15,16). The van der Waals surface area contributed by atoms with Gasteiger partial charge in [0.25, 0.3) is 0 Å². The first kappa shape index (κ1) is 13.4. The van der Waals surface area contributed by atoms with Gasteiger partial charge in [-0.25, -0.2) is 0 Å². The molecule has 0 radical (unpaired) electrons. The summed E-state index contributed by atoms with van der Waals surface area (Å²) in [6.07, 6.45) is 0. The highest BCUT2D eigenvalue weighted by Gasteiger charge is 2.22. The molecule has 1 heterocycles. The first-order valence-electron chi connectivity index (χ1n) is 6.09. The van der Waals surface area contributed by atoms with Crippen molar-refractivity contribution in [3.63, 3.8) is 0 Å². The van der Waals surface area contributed by atoms with E-state index in [9.17, 15) is 4.79 Å². The summed E-state index contributed by atoms with van der Waals surface area (Å²) >= 11 is 1.74. The molecule has 2 rings (SSSR count). The quantitative estimate of drug-likeness (QED) is 0.853. The van der Waals surface area contributed by atoms with E-state index in [0.717, 1.165) is 22.9 Å². The zero-order valence-corrected chi connectivity index (χ0v) is 11.3. The van der Waals surface area contributed by atoms with Crippen molar-refractivity contribution in [2.45, 2.75) is 19.6 Å². The zero-order chi connectivity index (χ0) is 12.8. The van der Waals surface area contributed by atoms with Gasteiger partial charge in [-0.3, -0.25) is 10.1 Å². The zero-order valence-electron chi connectivity index (χ0n) is 10.4. The largest absolute Gasteiger partial charge is 0.377 e. The number of anilines is 1. The van der Waals surface area contributed by atoms with Crippen LogP contribution in [0, 0.1) is 0 Å². The SMILES string of the molecule is CCOCc1ccccc1NC(=O)C1CSCN1. The summed E-state index contributed by atoms with van der Waals surface area (Å²) in [5.41, 5.74) is 1.85. The highest BCUT2D eigenvalue weighted by atomic mass is 32.2. The monoisotopic (exact) mass is 266 g/mol. The highest BCUT2D eigenvalue weighted by Crippen LogP contribution is 2.18. The molecule has 1 atom stereocenters. The summed E-state index contributed by atoms with van der Waals surface area (Å²) < 4.78 is 5.40. The Labute approximate surface area is 111 Å². The van der Waals surface area contributed by atoms with Crippen LogP contribution >= 0.6 is 11.8 Å². The molecule has 2 N–H and O–H groups in total. The van der Waals surface area contributed by atoms with Crippen LogP contribution < -0.4 is 10.6 Å². The Kier molecular flexibility index (Phi) is 5.04. The normalized spacial score (nSPS) is 18.8. The van der Waals surface area contributed by atoms with Gasteiger partial charge >= 0.3 is 0 Å². The maximum Gasteiger partial charge on any atom is 0.242 e. The van der Waals surface area contributed by atoms with Crippen molar-refractivity contribution in [1.29, 1.82) is 0 Å². The predicted molar refractivity (Wildman–Crippen MR) is 74.7 cm³/mol. The second-order valence-electron chi connectivity index (χ2n) is 4.06. The van der Waals surface area contributed by atoms with Gasteiger partial charge in [0.2, 0.25) is 5.91 Å². The van der Waals surface area contributed by atoms with Crippen molar-refractivity contribution >= 4 is 23.4 Å². The number of amides is 1. The van der Waals surface area contributed by atoms with Crippen LogP contribution in [0.1, 0.15) is 12.5 Å². The van der Waals surface area contributed by atoms with Crippen LogP contribution in [-0.2, 0) is 16.1 Å². The first-order valence-corrected chi connectivity index (χ1v) is 7.24. The van der Waals surface area contributed by atoms with Gasteiger partial charge in [0.15, 0.2) is 0 Å². The minimum atomic E-state index is -0.0878. The highest BCUT2D eigenvalue weighted by molar-refractivity contribution is 7.99. The molecule has 1 unspecified atom stereocenters. The number of nitrogens with one attached hydrogen (secondary N) is 2. The first-order chi connectivity index (χ1) is 8.81. The number of carbonyl (C=O) groups is 1. The Morgan fingerprint density at radius 2 is 2.39 bits per heavy atom. The number of para-hydroxylation sites is 1. The average Bonchev–Trinajstić information content (AvgIpc) is 2.91. The fourth-order valence-electron chi connectivity index (χ4n) is 1.76. The molecule has 0 saturated carbocycles. The maximum atomic E-state index is 12.0. The van der Waals surface area contributed by atoms with Crippen molar-refractivity contribution in [3.05, 3.63) is 29.8 Å². The van der Waals surface area contributed by atoms with Gasteiger partial charge < -0.3 is 10.1 Å². The number of carbonyl (C=O) groups excluding carboxylic acids is 1. The van der Waals surface area contributed by atoms with E-state index in [0.29, 0.717) is 13.2 Å². The number of ether oxygens (including phenoxy) is 1. The summed E-state index contributed by atoms with van der Waals surface area (Å²) in [7, 11) is 0. The van der Waals surface area contributed by atoms with E-state index >= 15 is 0 Å². The summed E-state index contributed by atoms with van der Waals surface area (Å²) in [5.74, 6) is 1.71. The lowest BCUT2D eigenvalue weighted by atomic mass is 10.2. The molecule has 4 nitrogen and oxygen atoms in total. The third kappa shape index (κ3) is 3.48. The van der Waals surface area contributed by atoms with E-state index in [4.69, 9.17) is 4.74 Å². The van der Waals surface area contributed by atoms with Crippen LogP contribution in [0.25, 0.3) is 0 Å². The minimum absolute atomic E-state index is 0.0314. The molecule has 1 saturated heterocycles. The molecule has 0 spiro atoms. The summed E-state index contributed by atoms with van der Waals surface area (Å²) in [6.45, 7) is 3.16. The van der Waals surface area contributed by atoms with Gasteiger partial charge in [-0.1, -0.05) is 18.2 Å². The molecule has 1 aromatic rings. The van der Waals surface area contributed by atoms with Crippen molar-refractivity contribution in [3.8, 4) is 0 Å². The van der Waals surface area contributed by atoms with Gasteiger partial charge in [0.1, 0.15) is 0 Å². The number of hydrogen-bond acceptors (Lipinski definition) is 4. The Balaban J connectivity index is 2.00. The van der Waals surface area contributed by atoms with Gasteiger partial charge in [0, 0.05) is 29.5 Å². The molecule has 0 bridgehead atoms. The molecule has 1 fully saturated rings. The van der Waals surface area contributed by atoms with Crippen molar-refractivity contribution < 1.29 is 9.53 Å². The number of hydrogen-bond donors (Lipinski definition) is 2. The molecule has 98 valence electrons. The molecule has 18 heavy (non-hydrogen) atoms. The molecule has 1 aliphatic heterocycles. The van der Waals surface area contributed by atoms with E-state index in [1.54, 1.807) is 11.8 Å². The van der Waals surface area contributed by atoms with E-state index in [-0.39, 0.29) is 11.9 Å². The second-order valence-corrected chi connectivity index (χ2v) is 5.09. The van der Waals surface area contributed by atoms with Crippen LogP contribution in [-0.4, -0.2) is 30.2 Å². The lowest BCUT2D eigenvalue weighted by molar-refractivity contribution is -0.117. The van der Waals surface area contributed by atoms with Crippen molar-refractivity contribution in [2.24, 2.45) is 0 Å². The topological polar surface area (TPSA) is 50.4 Å². The molecule has 1 amide bonds. The maximum absolute atomic E-state index is 12.0. The lowest BCUT2D eigenvalue weighted by Gasteiger charge is -2.14. The Morgan fingerprint density at radius 3 is 3.11 bits per heavy atom. The summed E-state index contributed by atoms with van der Waals surface area (Å²) in [6, 6.07) is 7.67. The lowest BCUT2D eigenvalue weighted by Crippen LogP contribution is -2.37. The number of benzene rings is 1. The van der Waals surface area contributed by atoms with E-state index in [2.05, 4.69) is 10.6 Å². The minimum Gasteiger partial charge on any atom is -0.377 e. The molecule has 1 aliphatic rings. The number of rotatable bonds is 5. The van der Waals surface area contributed by atoms with Gasteiger partial charge in [-0.15, -0.1) is 11.8 Å². The molecular formula is C13H18N2O2S. The van der Waals surface area contributed by atoms with Crippen molar-refractivity contribution in [1.82, 2.24) is 5.32 Å². The fourth-order valence-corrected chi connectivity index (χ4v) is 2.71. The Hall–Kier alpha value is -1.04. The van der Waals surface area contributed by atoms with Crippen LogP contribution in [0.5, 0.6) is 0 Å². The van der Waals surface area contributed by atoms with E-state index in [1.807, 2.05) is 31.2 Å². The van der Waals surface area contributed by atoms with Crippen LogP contribution in [0.15, 0.2) is 24.3 Å². The van der Waals surface area contributed by atoms with Gasteiger partial charge in [-0.2, -0.15) is 0 Å². The smallest absolute Gasteiger partial charge is 0.242 e. The van der Waals surface area contributed by atoms with Crippen LogP contribution in [0.3, 0.4) is 0 Å².